The first-order valence-electron chi connectivity index (χ1n) is 14.7. The van der Waals surface area contributed by atoms with Crippen molar-refractivity contribution in [2.75, 3.05) is 10.8 Å². The van der Waals surface area contributed by atoms with E-state index in [1.807, 2.05) is 39.0 Å². The lowest BCUT2D eigenvalue weighted by Gasteiger charge is -2.32. The van der Waals surface area contributed by atoms with Crippen molar-refractivity contribution in [3.63, 3.8) is 0 Å². The average molecular weight is 632 g/mol. The Morgan fingerprint density at radius 3 is 2.07 bits per heavy atom. The van der Waals surface area contributed by atoms with E-state index in [1.54, 1.807) is 61.5 Å². The van der Waals surface area contributed by atoms with Gasteiger partial charge in [-0.25, -0.2) is 12.8 Å². The van der Waals surface area contributed by atoms with E-state index in [-0.39, 0.29) is 28.7 Å². The van der Waals surface area contributed by atoms with Crippen LogP contribution in [0.4, 0.5) is 10.1 Å². The molecule has 2 amide bonds. The van der Waals surface area contributed by atoms with E-state index in [2.05, 4.69) is 5.32 Å². The van der Waals surface area contributed by atoms with Gasteiger partial charge in [-0.15, -0.1) is 0 Å². The Kier molecular flexibility index (Phi) is 11.0. The summed E-state index contributed by atoms with van der Waals surface area (Å²) < 4.78 is 49.7. The van der Waals surface area contributed by atoms with E-state index in [4.69, 9.17) is 4.74 Å². The van der Waals surface area contributed by atoms with Gasteiger partial charge in [0.25, 0.3) is 10.0 Å². The van der Waals surface area contributed by atoms with Crippen molar-refractivity contribution < 1.29 is 27.1 Å². The van der Waals surface area contributed by atoms with Crippen LogP contribution in [0.5, 0.6) is 11.5 Å². The number of sulfonamides is 1. The number of hydrogen-bond donors (Lipinski definition) is 1. The molecule has 0 saturated heterocycles. The molecule has 0 bridgehead atoms. The molecule has 4 aromatic rings. The van der Waals surface area contributed by atoms with Gasteiger partial charge in [0.1, 0.15) is 29.9 Å². The van der Waals surface area contributed by atoms with Crippen molar-refractivity contribution in [1.82, 2.24) is 10.2 Å². The molecule has 0 heterocycles. The molecule has 4 rings (SSSR count). The van der Waals surface area contributed by atoms with Gasteiger partial charge < -0.3 is 15.0 Å². The standard InChI is InChI=1S/C35H38FN3O5S/c1-5-26(3)37-35(41)27(4)38(23-28-11-9-10-14-33(28)36)34(40)24-39(45(42,43)32-21-15-25(2)16-22-32)29-17-19-31(20-18-29)44-30-12-7-6-8-13-30/h6-22,26-27H,5,23-24H2,1-4H3,(H,37,41)/t26-,27-/m0/s1. The number of ether oxygens (including phenoxy) is 1. The van der Waals surface area contributed by atoms with Crippen LogP contribution in [0.15, 0.2) is 108 Å². The van der Waals surface area contributed by atoms with E-state index in [0.29, 0.717) is 17.9 Å². The Morgan fingerprint density at radius 1 is 0.844 bits per heavy atom. The highest BCUT2D eigenvalue weighted by atomic mass is 32.2. The molecule has 0 radical (unpaired) electrons. The van der Waals surface area contributed by atoms with Crippen molar-refractivity contribution in [1.29, 1.82) is 0 Å². The molecule has 4 aromatic carbocycles. The molecule has 2 atom stereocenters. The topological polar surface area (TPSA) is 96.0 Å². The summed E-state index contributed by atoms with van der Waals surface area (Å²) in [5.74, 6) is -0.559. The summed E-state index contributed by atoms with van der Waals surface area (Å²) in [6.07, 6.45) is 0.673. The predicted octanol–water partition coefficient (Wildman–Crippen LogP) is 6.45. The van der Waals surface area contributed by atoms with Gasteiger partial charge in [-0.1, -0.05) is 61.0 Å². The van der Waals surface area contributed by atoms with Crippen molar-refractivity contribution >= 4 is 27.5 Å². The molecule has 0 aliphatic carbocycles. The van der Waals surface area contributed by atoms with E-state index in [9.17, 15) is 22.4 Å². The third kappa shape index (κ3) is 8.48. The summed E-state index contributed by atoms with van der Waals surface area (Å²) in [5, 5.41) is 2.87. The fourth-order valence-corrected chi connectivity index (χ4v) is 5.94. The Hall–Kier alpha value is -4.70. The van der Waals surface area contributed by atoms with Gasteiger partial charge in [-0.2, -0.15) is 0 Å². The van der Waals surface area contributed by atoms with Gasteiger partial charge >= 0.3 is 0 Å². The predicted molar refractivity (Wildman–Crippen MR) is 173 cm³/mol. The van der Waals surface area contributed by atoms with Gasteiger partial charge in [0, 0.05) is 18.2 Å². The molecule has 10 heteroatoms. The van der Waals surface area contributed by atoms with Crippen molar-refractivity contribution in [2.45, 2.75) is 57.6 Å². The number of carbonyl (C=O) groups is 2. The highest BCUT2D eigenvalue weighted by Gasteiger charge is 2.33. The van der Waals surface area contributed by atoms with Crippen LogP contribution < -0.4 is 14.4 Å². The fraction of sp³-hybridized carbons (Fsp3) is 0.257. The lowest BCUT2D eigenvalue weighted by Crippen LogP contribution is -2.52. The summed E-state index contributed by atoms with van der Waals surface area (Å²) in [7, 11) is -4.25. The maximum absolute atomic E-state index is 14.8. The highest BCUT2D eigenvalue weighted by Crippen LogP contribution is 2.29. The SMILES string of the molecule is CC[C@H](C)NC(=O)[C@H](C)N(Cc1ccccc1F)C(=O)CN(c1ccc(Oc2ccccc2)cc1)S(=O)(=O)c1ccc(C)cc1. The Balaban J connectivity index is 1.71. The minimum Gasteiger partial charge on any atom is -0.457 e. The van der Waals surface area contributed by atoms with E-state index < -0.39 is 40.2 Å². The van der Waals surface area contributed by atoms with Gasteiger partial charge in [0.2, 0.25) is 11.8 Å². The highest BCUT2D eigenvalue weighted by molar-refractivity contribution is 7.92. The number of anilines is 1. The first-order valence-corrected chi connectivity index (χ1v) is 16.2. The van der Waals surface area contributed by atoms with Crippen LogP contribution in [0.25, 0.3) is 0 Å². The largest absolute Gasteiger partial charge is 0.457 e. The number of halogens is 1. The number of para-hydroxylation sites is 1. The zero-order chi connectivity index (χ0) is 32.6. The molecule has 45 heavy (non-hydrogen) atoms. The molecular formula is C35H38FN3O5S. The normalized spacial score (nSPS) is 12.6. The molecule has 0 fully saturated rings. The number of hydrogen-bond acceptors (Lipinski definition) is 5. The van der Waals surface area contributed by atoms with E-state index >= 15 is 0 Å². The minimum absolute atomic E-state index is 0.00581. The van der Waals surface area contributed by atoms with Crippen LogP contribution in [-0.2, 0) is 26.2 Å². The molecule has 1 N–H and O–H groups in total. The molecule has 0 spiro atoms. The number of nitrogens with zero attached hydrogens (tertiary/aromatic N) is 2. The smallest absolute Gasteiger partial charge is 0.264 e. The van der Waals surface area contributed by atoms with E-state index in [1.165, 1.54) is 35.2 Å². The third-order valence-corrected chi connectivity index (χ3v) is 9.25. The second kappa shape index (κ2) is 14.9. The molecule has 0 unspecified atom stereocenters. The molecule has 0 aliphatic rings. The molecule has 0 saturated carbocycles. The summed E-state index contributed by atoms with van der Waals surface area (Å²) in [4.78, 5) is 28.5. The number of amides is 2. The zero-order valence-corrected chi connectivity index (χ0v) is 26.6. The quantitative estimate of drug-likeness (QED) is 0.183. The first-order chi connectivity index (χ1) is 21.5. The molecule has 0 aliphatic heterocycles. The third-order valence-electron chi connectivity index (χ3n) is 7.46. The molecule has 0 aromatic heterocycles. The molecule has 8 nitrogen and oxygen atoms in total. The maximum Gasteiger partial charge on any atom is 0.264 e. The van der Waals surface area contributed by atoms with Crippen molar-refractivity contribution in [3.8, 4) is 11.5 Å². The Labute approximate surface area is 264 Å². The van der Waals surface area contributed by atoms with Crippen LogP contribution in [-0.4, -0.2) is 43.8 Å². The Bertz CT molecular complexity index is 1700. The van der Waals surface area contributed by atoms with Gasteiger partial charge in [0.05, 0.1) is 10.6 Å². The lowest BCUT2D eigenvalue weighted by atomic mass is 10.1. The molecular weight excluding hydrogens is 593 g/mol. The number of benzene rings is 4. The van der Waals surface area contributed by atoms with Gasteiger partial charge in [0.15, 0.2) is 0 Å². The maximum atomic E-state index is 14.8. The Morgan fingerprint density at radius 2 is 1.44 bits per heavy atom. The first kappa shape index (κ1) is 33.2. The monoisotopic (exact) mass is 631 g/mol. The summed E-state index contributed by atoms with van der Waals surface area (Å²) in [5.41, 5.74) is 1.28. The second-order valence-electron chi connectivity index (χ2n) is 10.8. The van der Waals surface area contributed by atoms with Gasteiger partial charge in [-0.05, 0) is 81.8 Å². The van der Waals surface area contributed by atoms with E-state index in [0.717, 1.165) is 9.87 Å². The summed E-state index contributed by atoms with van der Waals surface area (Å²) in [6, 6.07) is 26.6. The summed E-state index contributed by atoms with van der Waals surface area (Å²) >= 11 is 0. The zero-order valence-electron chi connectivity index (χ0n) is 25.8. The average Bonchev–Trinajstić information content (AvgIpc) is 3.03. The number of nitrogens with one attached hydrogen (secondary N) is 1. The van der Waals surface area contributed by atoms with Crippen LogP contribution in [0.2, 0.25) is 0 Å². The second-order valence-corrected chi connectivity index (χ2v) is 12.7. The van der Waals surface area contributed by atoms with Gasteiger partial charge in [-0.3, -0.25) is 13.9 Å². The van der Waals surface area contributed by atoms with Crippen LogP contribution in [0, 0.1) is 12.7 Å². The lowest BCUT2D eigenvalue weighted by molar-refractivity contribution is -0.139. The summed E-state index contributed by atoms with van der Waals surface area (Å²) in [6.45, 7) is 6.28. The number of aryl methyl sites for hydroxylation is 1. The number of carbonyl (C=O) groups excluding carboxylic acids is 2. The van der Waals surface area contributed by atoms with Crippen molar-refractivity contribution in [3.05, 3.63) is 120 Å². The fourth-order valence-electron chi connectivity index (χ4n) is 4.53. The van der Waals surface area contributed by atoms with Crippen molar-refractivity contribution in [2.24, 2.45) is 0 Å². The number of rotatable bonds is 13. The van der Waals surface area contributed by atoms with Crippen LogP contribution >= 0.6 is 0 Å². The van der Waals surface area contributed by atoms with Crippen LogP contribution in [0.3, 0.4) is 0 Å². The minimum atomic E-state index is -4.25. The van der Waals surface area contributed by atoms with Crippen LogP contribution in [0.1, 0.15) is 38.3 Å². The molecule has 236 valence electrons.